The average Bonchev–Trinajstić information content (AvgIpc) is 3.00. The molecular weight excluding hydrogens is 508 g/mol. The first kappa shape index (κ1) is 31.9. The van der Waals surface area contributed by atoms with E-state index in [1.807, 2.05) is 0 Å². The molecule has 0 aromatic heterocycles. The van der Waals surface area contributed by atoms with E-state index in [4.69, 9.17) is 0 Å². The summed E-state index contributed by atoms with van der Waals surface area (Å²) >= 11 is 0. The molecule has 6 rings (SSSR count). The molecule has 0 aromatic carbocycles. The molecule has 6 aliphatic carbocycles. The summed E-state index contributed by atoms with van der Waals surface area (Å²) in [6, 6.07) is 5.35. The molecule has 2 nitrogen and oxygen atoms in total. The second-order valence-corrected chi connectivity index (χ2v) is 17.6. The van der Waals surface area contributed by atoms with E-state index in [2.05, 4.69) is 37.5 Å². The highest BCUT2D eigenvalue weighted by Gasteiger charge is 2.44. The zero-order valence-corrected chi connectivity index (χ0v) is 28.8. The maximum atomic E-state index is 3.22. The summed E-state index contributed by atoms with van der Waals surface area (Å²) in [5, 5.41) is 0. The summed E-state index contributed by atoms with van der Waals surface area (Å²) in [4.78, 5) is 6.45. The maximum absolute atomic E-state index is 3.22. The van der Waals surface area contributed by atoms with Crippen LogP contribution in [0.5, 0.6) is 0 Å². The van der Waals surface area contributed by atoms with E-state index >= 15 is 0 Å². The Balaban J connectivity index is 1.09. The molecule has 2 heteroatoms. The van der Waals surface area contributed by atoms with Crippen molar-refractivity contribution in [2.75, 3.05) is 0 Å². The van der Waals surface area contributed by atoms with Gasteiger partial charge in [-0.2, -0.15) is 0 Å². The standard InChI is InChI=1S/C40H72N2/c1-29-13-11-19-37(25-29)41(35-15-7-5-8-16-35)39-23-21-33(27-31(39)3)34-22-24-40(32(4)28-34)42(36-17-9-6-10-18-36)38-20-12-14-30(2)26-38/h29-40H,5-28H2,1-4H3. The molecule has 42 heavy (non-hydrogen) atoms. The third-order valence-electron chi connectivity index (χ3n) is 14.4. The van der Waals surface area contributed by atoms with Crippen molar-refractivity contribution in [3.63, 3.8) is 0 Å². The summed E-state index contributed by atoms with van der Waals surface area (Å²) in [5.74, 6) is 5.72. The zero-order valence-electron chi connectivity index (χ0n) is 28.8. The molecule has 6 aliphatic rings. The van der Waals surface area contributed by atoms with E-state index in [-0.39, 0.29) is 0 Å². The minimum absolute atomic E-state index is 0.878. The first-order valence-electron chi connectivity index (χ1n) is 20.0. The van der Waals surface area contributed by atoms with Gasteiger partial charge in [-0.1, -0.05) is 91.9 Å². The first-order valence-corrected chi connectivity index (χ1v) is 20.0. The van der Waals surface area contributed by atoms with Gasteiger partial charge in [0.1, 0.15) is 0 Å². The van der Waals surface area contributed by atoms with Crippen molar-refractivity contribution in [2.24, 2.45) is 35.5 Å². The van der Waals surface area contributed by atoms with Crippen molar-refractivity contribution >= 4 is 0 Å². The minimum Gasteiger partial charge on any atom is -0.294 e. The SMILES string of the molecule is CC1CCCC(N(C2CCCCC2)C2CCC(C3CCC(N(C4CCCCC4)C4CCCC(C)C4)C(C)C3)CC2C)C1. The summed E-state index contributed by atoms with van der Waals surface area (Å²) < 4.78 is 0. The van der Waals surface area contributed by atoms with E-state index in [1.54, 1.807) is 0 Å². The lowest BCUT2D eigenvalue weighted by Crippen LogP contribution is -2.56. The van der Waals surface area contributed by atoms with Gasteiger partial charge in [0.15, 0.2) is 0 Å². The third-order valence-corrected chi connectivity index (χ3v) is 14.4. The van der Waals surface area contributed by atoms with Crippen LogP contribution < -0.4 is 0 Å². The lowest BCUT2D eigenvalue weighted by Gasteiger charge is -2.53. The molecule has 0 spiro atoms. The lowest BCUT2D eigenvalue weighted by atomic mass is 9.65. The highest BCUT2D eigenvalue weighted by molar-refractivity contribution is 4.98. The topological polar surface area (TPSA) is 6.48 Å². The van der Waals surface area contributed by atoms with Gasteiger partial charge in [-0.25, -0.2) is 0 Å². The third kappa shape index (κ3) is 7.48. The van der Waals surface area contributed by atoms with Gasteiger partial charge in [0.05, 0.1) is 0 Å². The molecule has 0 amide bonds. The summed E-state index contributed by atoms with van der Waals surface area (Å²) in [6.07, 6.45) is 36.0. The van der Waals surface area contributed by atoms with E-state index in [9.17, 15) is 0 Å². The van der Waals surface area contributed by atoms with E-state index in [0.29, 0.717) is 0 Å². The Hall–Kier alpha value is -0.0800. The van der Waals surface area contributed by atoms with Crippen molar-refractivity contribution in [1.82, 2.24) is 9.80 Å². The first-order chi connectivity index (χ1) is 20.5. The Morgan fingerprint density at radius 1 is 0.333 bits per heavy atom. The molecule has 0 N–H and O–H groups in total. The van der Waals surface area contributed by atoms with E-state index < -0.39 is 0 Å². The second-order valence-electron chi connectivity index (χ2n) is 17.6. The molecule has 0 heterocycles. The fourth-order valence-corrected chi connectivity index (χ4v) is 12.4. The number of hydrogen-bond acceptors (Lipinski definition) is 2. The van der Waals surface area contributed by atoms with Crippen LogP contribution in [0, 0.1) is 35.5 Å². The molecule has 6 fully saturated rings. The van der Waals surface area contributed by atoms with Gasteiger partial charge in [0.2, 0.25) is 0 Å². The largest absolute Gasteiger partial charge is 0.294 e. The van der Waals surface area contributed by atoms with Crippen molar-refractivity contribution < 1.29 is 0 Å². The van der Waals surface area contributed by atoms with Crippen molar-refractivity contribution in [3.8, 4) is 0 Å². The molecule has 0 radical (unpaired) electrons. The van der Waals surface area contributed by atoms with Crippen LogP contribution in [0.1, 0.15) is 182 Å². The van der Waals surface area contributed by atoms with Crippen molar-refractivity contribution in [3.05, 3.63) is 0 Å². The molecule has 0 bridgehead atoms. The average molecular weight is 581 g/mol. The van der Waals surface area contributed by atoms with Crippen LogP contribution >= 0.6 is 0 Å². The lowest BCUT2D eigenvalue weighted by molar-refractivity contribution is -0.0387. The van der Waals surface area contributed by atoms with Gasteiger partial charge in [-0.05, 0) is 125 Å². The van der Waals surface area contributed by atoms with Crippen LogP contribution in [0.3, 0.4) is 0 Å². The number of hydrogen-bond donors (Lipinski definition) is 0. The van der Waals surface area contributed by atoms with Crippen LogP contribution in [-0.2, 0) is 0 Å². The molecule has 10 atom stereocenters. The number of rotatable bonds is 7. The normalized spacial score (nSPS) is 43.6. The molecule has 10 unspecified atom stereocenters. The number of nitrogens with zero attached hydrogens (tertiary/aromatic N) is 2. The maximum Gasteiger partial charge on any atom is 0.0127 e. The summed E-state index contributed by atoms with van der Waals surface area (Å²) in [7, 11) is 0. The Morgan fingerprint density at radius 3 is 1.07 bits per heavy atom. The van der Waals surface area contributed by atoms with Crippen LogP contribution in [0.25, 0.3) is 0 Å². The van der Waals surface area contributed by atoms with Crippen LogP contribution in [0.15, 0.2) is 0 Å². The Kier molecular flexibility index (Phi) is 11.4. The summed E-state index contributed by atoms with van der Waals surface area (Å²) in [5.41, 5.74) is 0. The fourth-order valence-electron chi connectivity index (χ4n) is 12.4. The van der Waals surface area contributed by atoms with Crippen LogP contribution in [-0.4, -0.2) is 46.1 Å². The van der Waals surface area contributed by atoms with Gasteiger partial charge < -0.3 is 0 Å². The Bertz CT molecular complexity index is 731. The predicted octanol–water partition coefficient (Wildman–Crippen LogP) is 11.0. The van der Waals surface area contributed by atoms with Gasteiger partial charge in [-0.3, -0.25) is 9.80 Å². The van der Waals surface area contributed by atoms with Gasteiger partial charge in [0.25, 0.3) is 0 Å². The van der Waals surface area contributed by atoms with E-state index in [1.165, 1.54) is 154 Å². The van der Waals surface area contributed by atoms with Gasteiger partial charge >= 0.3 is 0 Å². The highest BCUT2D eigenvalue weighted by atomic mass is 15.2. The summed E-state index contributed by atoms with van der Waals surface area (Å²) in [6.45, 7) is 10.5. The van der Waals surface area contributed by atoms with Gasteiger partial charge in [0, 0.05) is 36.3 Å². The smallest absolute Gasteiger partial charge is 0.0127 e. The monoisotopic (exact) mass is 581 g/mol. The Labute approximate surface area is 262 Å². The highest BCUT2D eigenvalue weighted by Crippen LogP contribution is 2.48. The quantitative estimate of drug-likeness (QED) is 0.295. The van der Waals surface area contributed by atoms with Crippen molar-refractivity contribution in [2.45, 2.75) is 218 Å². The molecular formula is C40H72N2. The molecule has 0 aliphatic heterocycles. The minimum atomic E-state index is 0.878. The van der Waals surface area contributed by atoms with Gasteiger partial charge in [-0.15, -0.1) is 0 Å². The van der Waals surface area contributed by atoms with Crippen LogP contribution in [0.4, 0.5) is 0 Å². The molecule has 6 saturated carbocycles. The zero-order chi connectivity index (χ0) is 29.1. The van der Waals surface area contributed by atoms with Crippen LogP contribution in [0.2, 0.25) is 0 Å². The molecule has 0 saturated heterocycles. The molecule has 0 aromatic rings. The second kappa shape index (κ2) is 15.0. The Morgan fingerprint density at radius 2 is 0.714 bits per heavy atom. The molecule has 242 valence electrons. The van der Waals surface area contributed by atoms with Crippen molar-refractivity contribution in [1.29, 1.82) is 0 Å². The van der Waals surface area contributed by atoms with E-state index in [0.717, 1.165) is 71.8 Å². The predicted molar refractivity (Wildman–Crippen MR) is 181 cm³/mol. The fraction of sp³-hybridized carbons (Fsp3) is 1.00.